The van der Waals surface area contributed by atoms with Crippen LogP contribution in [-0.4, -0.2) is 92.8 Å². The van der Waals surface area contributed by atoms with E-state index in [-0.39, 0.29) is 18.2 Å². The molecule has 2 unspecified atom stereocenters. The molecular weight excluding hydrogens is 688 g/mol. The third kappa shape index (κ3) is 15.8. The fourth-order valence-electron chi connectivity index (χ4n) is 6.24. The summed E-state index contributed by atoms with van der Waals surface area (Å²) in [6, 6.07) is 10.5. The molecule has 1 aliphatic heterocycles. The maximum atomic E-state index is 12.6. The van der Waals surface area contributed by atoms with Gasteiger partial charge in [-0.05, 0) is 80.3 Å². The molecule has 0 spiro atoms. The Morgan fingerprint density at radius 1 is 0.907 bits per heavy atom. The minimum atomic E-state index is -0.550. The Morgan fingerprint density at radius 2 is 1.57 bits per heavy atom. The lowest BCUT2D eigenvalue weighted by Gasteiger charge is -2.27. The molecule has 2 atom stereocenters. The van der Waals surface area contributed by atoms with Crippen molar-refractivity contribution < 1.29 is 38.3 Å². The normalized spacial score (nSPS) is 12.8. The highest BCUT2D eigenvalue weighted by molar-refractivity contribution is 6.00. The Labute approximate surface area is 323 Å². The van der Waals surface area contributed by atoms with Crippen LogP contribution in [0.4, 0.5) is 0 Å². The van der Waals surface area contributed by atoms with Crippen molar-refractivity contribution in [1.29, 1.82) is 0 Å². The smallest absolute Gasteiger partial charge is 0.341 e. The zero-order valence-electron chi connectivity index (χ0n) is 33.8. The Morgan fingerprint density at radius 3 is 2.19 bits per heavy atom. The van der Waals surface area contributed by atoms with E-state index in [1.54, 1.807) is 18.0 Å². The average Bonchev–Trinajstić information content (AvgIpc) is 3.54. The van der Waals surface area contributed by atoms with Gasteiger partial charge in [-0.15, -0.1) is 0 Å². The lowest BCUT2D eigenvalue weighted by Crippen LogP contribution is -2.40. The summed E-state index contributed by atoms with van der Waals surface area (Å²) in [5.74, 6) is 4.41. The maximum absolute atomic E-state index is 12.6. The second-order valence-electron chi connectivity index (χ2n) is 13.0. The third-order valence-corrected chi connectivity index (χ3v) is 9.18. The lowest BCUT2D eigenvalue weighted by molar-refractivity contribution is -0.150. The average molecular weight is 755 g/mol. The summed E-state index contributed by atoms with van der Waals surface area (Å²) in [5, 5.41) is 2.54. The highest BCUT2D eigenvalue weighted by Crippen LogP contribution is 2.29. The topological polar surface area (TPSA) is 158 Å². The molecule has 0 radical (unpaired) electrons. The highest BCUT2D eigenvalue weighted by atomic mass is 16.7. The van der Waals surface area contributed by atoms with Gasteiger partial charge < -0.3 is 29.3 Å². The highest BCUT2D eigenvalue weighted by Gasteiger charge is 2.34. The first kappa shape index (κ1) is 48.0. The minimum Gasteiger partial charge on any atom is -0.379 e. The van der Waals surface area contributed by atoms with Crippen molar-refractivity contribution in [3.8, 4) is 0 Å². The molecule has 0 fully saturated rings. The zero-order chi connectivity index (χ0) is 40.3. The fraction of sp³-hybridized carbons (Fsp3) is 0.595. The van der Waals surface area contributed by atoms with Crippen molar-refractivity contribution in [3.63, 3.8) is 0 Å². The maximum Gasteiger partial charge on any atom is 0.341 e. The van der Waals surface area contributed by atoms with E-state index in [1.807, 2.05) is 57.0 Å². The van der Waals surface area contributed by atoms with Gasteiger partial charge in [0.2, 0.25) is 5.91 Å². The summed E-state index contributed by atoms with van der Waals surface area (Å²) in [5.41, 5.74) is 5.59. The third-order valence-electron chi connectivity index (χ3n) is 9.18. The van der Waals surface area contributed by atoms with Gasteiger partial charge in [0, 0.05) is 50.9 Å². The fourth-order valence-corrected chi connectivity index (χ4v) is 6.24. The number of amides is 2. The summed E-state index contributed by atoms with van der Waals surface area (Å²) in [6.07, 6.45) is 9.47. The summed E-state index contributed by atoms with van der Waals surface area (Å²) < 4.78 is 11.0. The van der Waals surface area contributed by atoms with Crippen molar-refractivity contribution >= 4 is 30.4 Å². The van der Waals surface area contributed by atoms with Gasteiger partial charge in [0.15, 0.2) is 0 Å². The largest absolute Gasteiger partial charge is 0.379 e. The molecule has 0 aromatic heterocycles. The van der Waals surface area contributed by atoms with Gasteiger partial charge in [-0.3, -0.25) is 19.3 Å². The van der Waals surface area contributed by atoms with E-state index in [0.29, 0.717) is 56.9 Å². The molecule has 2 amide bonds. The number of hydrogen-bond acceptors (Lipinski definition) is 10. The Kier molecular flexibility index (Phi) is 25.3. The van der Waals surface area contributed by atoms with E-state index < -0.39 is 18.1 Å². The van der Waals surface area contributed by atoms with Crippen LogP contribution in [0.5, 0.6) is 0 Å². The van der Waals surface area contributed by atoms with Crippen LogP contribution in [0.2, 0.25) is 0 Å². The van der Waals surface area contributed by atoms with Crippen molar-refractivity contribution in [2.75, 3.05) is 40.5 Å². The molecule has 54 heavy (non-hydrogen) atoms. The first-order valence-corrected chi connectivity index (χ1v) is 19.6. The molecule has 3 rings (SSSR count). The molecule has 2 aromatic rings. The summed E-state index contributed by atoms with van der Waals surface area (Å²) >= 11 is 0. The number of unbranched alkanes of at least 4 members (excludes halogenated alkanes) is 1. The van der Waals surface area contributed by atoms with Crippen molar-refractivity contribution in [2.45, 2.75) is 124 Å². The monoisotopic (exact) mass is 754 g/mol. The van der Waals surface area contributed by atoms with Crippen LogP contribution in [0.1, 0.15) is 129 Å². The SMILES string of the molecule is CC.CCCCc1cccc2c1CN(C(C=O)CCC(=O)NC)C2=O.CCCOCCOCCCc1cccc(C=O)c1CN(C)C(CCC)C(=O)ON. The first-order chi connectivity index (χ1) is 26.2. The minimum absolute atomic E-state index is 0.104. The van der Waals surface area contributed by atoms with Gasteiger partial charge in [-0.1, -0.05) is 77.8 Å². The van der Waals surface area contributed by atoms with E-state index in [9.17, 15) is 24.0 Å². The number of ether oxygens (including phenoxy) is 2. The van der Waals surface area contributed by atoms with E-state index in [4.69, 9.17) is 15.4 Å². The Bertz CT molecular complexity index is 1420. The Hall–Kier alpha value is -3.97. The van der Waals surface area contributed by atoms with Crippen LogP contribution in [0.3, 0.4) is 0 Å². The predicted molar refractivity (Wildman–Crippen MR) is 212 cm³/mol. The number of aldehydes is 2. The molecule has 0 saturated carbocycles. The van der Waals surface area contributed by atoms with Crippen LogP contribution in [0.25, 0.3) is 0 Å². The van der Waals surface area contributed by atoms with Crippen LogP contribution in [0, 0.1) is 0 Å². The van der Waals surface area contributed by atoms with Crippen molar-refractivity contribution in [3.05, 3.63) is 69.8 Å². The summed E-state index contributed by atoms with van der Waals surface area (Å²) in [4.78, 5) is 67.0. The molecule has 12 heteroatoms. The molecular formula is C42H66N4O8. The van der Waals surface area contributed by atoms with Crippen molar-refractivity contribution in [1.82, 2.24) is 15.1 Å². The number of aryl methyl sites for hydroxylation is 2. The second-order valence-corrected chi connectivity index (χ2v) is 13.0. The molecule has 302 valence electrons. The van der Waals surface area contributed by atoms with E-state index >= 15 is 0 Å². The van der Waals surface area contributed by atoms with Crippen LogP contribution >= 0.6 is 0 Å². The molecule has 1 aliphatic rings. The van der Waals surface area contributed by atoms with E-state index in [0.717, 1.165) is 80.8 Å². The second kappa shape index (κ2) is 28.5. The lowest BCUT2D eigenvalue weighted by atomic mass is 9.97. The van der Waals surface area contributed by atoms with Crippen LogP contribution in [-0.2, 0) is 54.6 Å². The first-order valence-electron chi connectivity index (χ1n) is 19.6. The number of carbonyl (C=O) groups is 5. The number of carbonyl (C=O) groups excluding carboxylic acids is 5. The molecule has 0 bridgehead atoms. The predicted octanol–water partition coefficient (Wildman–Crippen LogP) is 6.00. The van der Waals surface area contributed by atoms with E-state index in [1.165, 1.54) is 5.56 Å². The van der Waals surface area contributed by atoms with Gasteiger partial charge in [-0.2, -0.15) is 5.90 Å². The standard InChI is InChI=1S/C22H36N2O5.C18H24N2O3.C2H6/c1-4-8-21(22(26)29-23)24(3)16-20-18(9-6-10-19(20)17-25)11-7-13-28-15-14-27-12-5-2;1-3-4-6-13-7-5-8-15-16(13)11-20(18(15)23)14(12-21)9-10-17(22)19-2;1-2/h6,9-10,17,21H,4-5,7-8,11-16,23H2,1-3H3;5,7-8,12,14H,3-4,6,9-11H2,1-2H3,(H,19,22);1-2H3. The number of benzene rings is 2. The van der Waals surface area contributed by atoms with Crippen LogP contribution in [0.15, 0.2) is 36.4 Å². The quantitative estimate of drug-likeness (QED) is 0.0741. The number of hydrogen-bond donors (Lipinski definition) is 2. The Balaban J connectivity index is 0.000000527. The van der Waals surface area contributed by atoms with Gasteiger partial charge in [0.25, 0.3) is 5.91 Å². The van der Waals surface area contributed by atoms with Gasteiger partial charge >= 0.3 is 5.97 Å². The van der Waals surface area contributed by atoms with E-state index in [2.05, 4.69) is 30.1 Å². The molecule has 0 aliphatic carbocycles. The number of nitrogens with two attached hydrogens (primary N) is 1. The number of nitrogens with one attached hydrogen (secondary N) is 1. The molecule has 1 heterocycles. The number of nitrogens with zero attached hydrogens (tertiary/aromatic N) is 2. The van der Waals surface area contributed by atoms with Gasteiger partial charge in [-0.25, -0.2) is 4.79 Å². The number of fused-ring (bicyclic) bond motifs is 1. The molecule has 2 aromatic carbocycles. The van der Waals surface area contributed by atoms with Crippen molar-refractivity contribution in [2.24, 2.45) is 5.90 Å². The van der Waals surface area contributed by atoms with Gasteiger partial charge in [0.1, 0.15) is 18.6 Å². The number of rotatable bonds is 24. The molecule has 0 saturated heterocycles. The molecule has 3 N–H and O–H groups in total. The van der Waals surface area contributed by atoms with Crippen LogP contribution < -0.4 is 11.2 Å². The summed E-state index contributed by atoms with van der Waals surface area (Å²) in [6.45, 7) is 13.7. The molecule has 12 nitrogen and oxygen atoms in total. The number of likely N-dealkylation sites (N-methyl/N-ethyl adjacent to an activating group) is 1. The summed E-state index contributed by atoms with van der Waals surface area (Å²) in [7, 11) is 3.41. The van der Waals surface area contributed by atoms with Gasteiger partial charge in [0.05, 0.1) is 19.3 Å². The zero-order valence-corrected chi connectivity index (χ0v) is 33.8.